The SMILES string of the molecule is Nc1ccc(Cl)cc1NC(=O)c1cc(I)ccc1O. The number of rotatable bonds is 2. The molecule has 2 aromatic rings. The lowest BCUT2D eigenvalue weighted by atomic mass is 10.2. The quantitative estimate of drug-likeness (QED) is 0.544. The summed E-state index contributed by atoms with van der Waals surface area (Å²) in [6.07, 6.45) is 0. The number of nitrogens with two attached hydrogens (primary N) is 1. The van der Waals surface area contributed by atoms with Crippen molar-refractivity contribution in [3.63, 3.8) is 0 Å². The first-order valence-electron chi connectivity index (χ1n) is 5.32. The third-order valence-electron chi connectivity index (χ3n) is 2.47. The Labute approximate surface area is 128 Å². The number of phenolic OH excluding ortho intramolecular Hbond substituents is 1. The van der Waals surface area contributed by atoms with Gasteiger partial charge in [-0.3, -0.25) is 4.79 Å². The van der Waals surface area contributed by atoms with E-state index in [-0.39, 0.29) is 11.3 Å². The molecule has 4 nitrogen and oxygen atoms in total. The second-order valence-electron chi connectivity index (χ2n) is 3.85. The van der Waals surface area contributed by atoms with Gasteiger partial charge < -0.3 is 16.2 Å². The predicted octanol–water partition coefficient (Wildman–Crippen LogP) is 3.48. The van der Waals surface area contributed by atoms with Crippen molar-refractivity contribution < 1.29 is 9.90 Å². The van der Waals surface area contributed by atoms with E-state index >= 15 is 0 Å². The number of nitrogens with one attached hydrogen (secondary N) is 1. The van der Waals surface area contributed by atoms with Gasteiger partial charge in [0.15, 0.2) is 0 Å². The predicted molar refractivity (Wildman–Crippen MR) is 84.6 cm³/mol. The van der Waals surface area contributed by atoms with Crippen LogP contribution in [0.1, 0.15) is 10.4 Å². The monoisotopic (exact) mass is 388 g/mol. The summed E-state index contributed by atoms with van der Waals surface area (Å²) in [5, 5.41) is 12.8. The third-order valence-corrected chi connectivity index (χ3v) is 3.37. The Hall–Kier alpha value is -1.47. The van der Waals surface area contributed by atoms with Crippen molar-refractivity contribution >= 4 is 51.5 Å². The fourth-order valence-corrected chi connectivity index (χ4v) is 2.18. The van der Waals surface area contributed by atoms with Gasteiger partial charge in [0, 0.05) is 8.59 Å². The van der Waals surface area contributed by atoms with Crippen molar-refractivity contribution in [2.45, 2.75) is 0 Å². The average Bonchev–Trinajstić information content (AvgIpc) is 2.36. The van der Waals surface area contributed by atoms with Crippen molar-refractivity contribution in [1.29, 1.82) is 0 Å². The molecule has 19 heavy (non-hydrogen) atoms. The van der Waals surface area contributed by atoms with Gasteiger partial charge in [0.25, 0.3) is 5.91 Å². The van der Waals surface area contributed by atoms with E-state index in [0.717, 1.165) is 3.57 Å². The average molecular weight is 389 g/mol. The normalized spacial score (nSPS) is 10.2. The van der Waals surface area contributed by atoms with Crippen molar-refractivity contribution in [2.24, 2.45) is 0 Å². The molecule has 0 saturated heterocycles. The van der Waals surface area contributed by atoms with Gasteiger partial charge in [-0.25, -0.2) is 0 Å². The van der Waals surface area contributed by atoms with Crippen LogP contribution in [0.25, 0.3) is 0 Å². The molecule has 0 aliphatic heterocycles. The lowest BCUT2D eigenvalue weighted by Gasteiger charge is -2.10. The van der Waals surface area contributed by atoms with Crippen molar-refractivity contribution in [1.82, 2.24) is 0 Å². The van der Waals surface area contributed by atoms with E-state index < -0.39 is 5.91 Å². The summed E-state index contributed by atoms with van der Waals surface area (Å²) in [5.41, 5.74) is 6.75. The zero-order valence-corrected chi connectivity index (χ0v) is 12.6. The number of phenols is 1. The molecule has 0 unspecified atom stereocenters. The molecular formula is C13H10ClIN2O2. The van der Waals surface area contributed by atoms with Gasteiger partial charge in [-0.05, 0) is 59.0 Å². The minimum Gasteiger partial charge on any atom is -0.507 e. The van der Waals surface area contributed by atoms with Crippen LogP contribution in [-0.2, 0) is 0 Å². The number of hydrogen-bond donors (Lipinski definition) is 3. The van der Waals surface area contributed by atoms with E-state index in [2.05, 4.69) is 27.9 Å². The topological polar surface area (TPSA) is 75.3 Å². The van der Waals surface area contributed by atoms with Crippen LogP contribution in [0.15, 0.2) is 36.4 Å². The number of hydrogen-bond acceptors (Lipinski definition) is 3. The van der Waals surface area contributed by atoms with Crippen LogP contribution >= 0.6 is 34.2 Å². The van der Waals surface area contributed by atoms with Crippen LogP contribution in [0.3, 0.4) is 0 Å². The maximum absolute atomic E-state index is 12.1. The van der Waals surface area contributed by atoms with Crippen molar-refractivity contribution in [3.8, 4) is 5.75 Å². The van der Waals surface area contributed by atoms with Gasteiger partial charge in [0.1, 0.15) is 5.75 Å². The van der Waals surface area contributed by atoms with E-state index in [1.165, 1.54) is 6.07 Å². The third kappa shape index (κ3) is 3.30. The molecule has 6 heteroatoms. The van der Waals surface area contributed by atoms with Crippen molar-refractivity contribution in [3.05, 3.63) is 50.6 Å². The summed E-state index contributed by atoms with van der Waals surface area (Å²) in [6.45, 7) is 0. The summed E-state index contributed by atoms with van der Waals surface area (Å²) in [7, 11) is 0. The Kier molecular flexibility index (Phi) is 4.16. The molecule has 0 aromatic heterocycles. The molecule has 0 spiro atoms. The Bertz CT molecular complexity index is 647. The number of halogens is 2. The van der Waals surface area contributed by atoms with E-state index in [1.807, 2.05) is 0 Å². The van der Waals surface area contributed by atoms with Crippen LogP contribution in [-0.4, -0.2) is 11.0 Å². The van der Waals surface area contributed by atoms with Crippen molar-refractivity contribution in [2.75, 3.05) is 11.1 Å². The van der Waals surface area contributed by atoms with Gasteiger partial charge in [-0.15, -0.1) is 0 Å². The molecule has 1 amide bonds. The molecule has 98 valence electrons. The number of anilines is 2. The molecule has 4 N–H and O–H groups in total. The van der Waals surface area contributed by atoms with E-state index in [0.29, 0.717) is 16.4 Å². The molecule has 2 aromatic carbocycles. The first kappa shape index (κ1) is 14.0. The molecule has 0 radical (unpaired) electrons. The second-order valence-corrected chi connectivity index (χ2v) is 5.53. The highest BCUT2D eigenvalue weighted by Crippen LogP contribution is 2.25. The van der Waals surface area contributed by atoms with E-state index in [4.69, 9.17) is 17.3 Å². The zero-order chi connectivity index (χ0) is 14.0. The molecule has 0 saturated carbocycles. The Balaban J connectivity index is 2.30. The highest BCUT2D eigenvalue weighted by molar-refractivity contribution is 14.1. The molecule has 0 atom stereocenters. The first-order chi connectivity index (χ1) is 8.97. The van der Waals surface area contributed by atoms with E-state index in [1.54, 1.807) is 30.3 Å². The molecule has 0 fully saturated rings. The maximum Gasteiger partial charge on any atom is 0.259 e. The van der Waals surface area contributed by atoms with Gasteiger partial charge in [-0.1, -0.05) is 11.6 Å². The zero-order valence-electron chi connectivity index (χ0n) is 9.65. The first-order valence-corrected chi connectivity index (χ1v) is 6.78. The van der Waals surface area contributed by atoms with Gasteiger partial charge >= 0.3 is 0 Å². The summed E-state index contributed by atoms with van der Waals surface area (Å²) >= 11 is 7.91. The Morgan fingerprint density at radius 2 is 2.00 bits per heavy atom. The largest absolute Gasteiger partial charge is 0.507 e. The number of nitrogen functional groups attached to an aromatic ring is 1. The van der Waals surface area contributed by atoms with E-state index in [9.17, 15) is 9.90 Å². The lowest BCUT2D eigenvalue weighted by molar-refractivity contribution is 0.102. The molecule has 0 aliphatic carbocycles. The van der Waals surface area contributed by atoms with Gasteiger partial charge in [0.2, 0.25) is 0 Å². The highest BCUT2D eigenvalue weighted by Gasteiger charge is 2.13. The summed E-state index contributed by atoms with van der Waals surface area (Å²) in [5.74, 6) is -0.525. The number of benzene rings is 2. The highest BCUT2D eigenvalue weighted by atomic mass is 127. The summed E-state index contributed by atoms with van der Waals surface area (Å²) in [6, 6.07) is 9.56. The Morgan fingerprint density at radius 1 is 1.26 bits per heavy atom. The molecule has 0 aliphatic rings. The number of carbonyl (C=O) groups is 1. The van der Waals surface area contributed by atoms with Gasteiger partial charge in [-0.2, -0.15) is 0 Å². The van der Waals surface area contributed by atoms with Gasteiger partial charge in [0.05, 0.1) is 16.9 Å². The molecule has 0 heterocycles. The second kappa shape index (κ2) is 5.66. The van der Waals surface area contributed by atoms with Crippen LogP contribution in [0, 0.1) is 3.57 Å². The smallest absolute Gasteiger partial charge is 0.259 e. The minimum absolute atomic E-state index is 0.0847. The summed E-state index contributed by atoms with van der Waals surface area (Å²) < 4.78 is 0.847. The molecule has 0 bridgehead atoms. The summed E-state index contributed by atoms with van der Waals surface area (Å²) in [4.78, 5) is 12.1. The van der Waals surface area contributed by atoms with Crippen LogP contribution in [0.2, 0.25) is 5.02 Å². The molecule has 2 rings (SSSR count). The minimum atomic E-state index is -0.440. The fourth-order valence-electron chi connectivity index (χ4n) is 1.52. The molecular weight excluding hydrogens is 379 g/mol. The Morgan fingerprint density at radius 3 is 2.74 bits per heavy atom. The number of carbonyl (C=O) groups excluding carboxylic acids is 1. The fraction of sp³-hybridized carbons (Fsp3) is 0. The maximum atomic E-state index is 12.1. The number of amides is 1. The van der Waals surface area contributed by atoms with Crippen LogP contribution < -0.4 is 11.1 Å². The van der Waals surface area contributed by atoms with Crippen LogP contribution in [0.5, 0.6) is 5.75 Å². The lowest BCUT2D eigenvalue weighted by Crippen LogP contribution is -2.13. The number of aromatic hydroxyl groups is 1. The van der Waals surface area contributed by atoms with Crippen LogP contribution in [0.4, 0.5) is 11.4 Å². The standard InChI is InChI=1S/C13H10ClIN2O2/c14-7-1-3-10(16)11(5-7)17-13(19)9-6-8(15)2-4-12(9)18/h1-6,18H,16H2,(H,17,19).